The van der Waals surface area contributed by atoms with Crippen molar-refractivity contribution >= 4 is 22.8 Å². The molecule has 1 amide bonds. The van der Waals surface area contributed by atoms with E-state index in [1.165, 1.54) is 17.3 Å². The van der Waals surface area contributed by atoms with Crippen molar-refractivity contribution in [2.45, 2.75) is 37.2 Å². The Balaban J connectivity index is 1.52. The lowest BCUT2D eigenvalue weighted by molar-refractivity contribution is -0.0135. The average Bonchev–Trinajstić information content (AvgIpc) is 3.44. The highest BCUT2D eigenvalue weighted by Crippen LogP contribution is 2.37. The van der Waals surface area contributed by atoms with Crippen LogP contribution in [0.3, 0.4) is 0 Å². The Hall–Kier alpha value is -3.69. The van der Waals surface area contributed by atoms with E-state index in [0.29, 0.717) is 24.2 Å². The van der Waals surface area contributed by atoms with Crippen LogP contribution in [0.5, 0.6) is 0 Å². The van der Waals surface area contributed by atoms with Crippen molar-refractivity contribution < 1.29 is 23.4 Å². The van der Waals surface area contributed by atoms with Gasteiger partial charge in [0.05, 0.1) is 48.4 Å². The maximum Gasteiger partial charge on any atom is 0.273 e. The molecule has 0 saturated carbocycles. The van der Waals surface area contributed by atoms with Gasteiger partial charge in [-0.15, -0.1) is 0 Å². The third-order valence-corrected chi connectivity index (χ3v) is 6.22. The summed E-state index contributed by atoms with van der Waals surface area (Å²) in [6.07, 6.45) is -0.358. The Labute approximate surface area is 192 Å². The zero-order valence-corrected chi connectivity index (χ0v) is 17.9. The van der Waals surface area contributed by atoms with Crippen molar-refractivity contribution in [3.63, 3.8) is 0 Å². The van der Waals surface area contributed by atoms with E-state index < -0.39 is 30.0 Å². The fourth-order valence-corrected chi connectivity index (χ4v) is 4.55. The van der Waals surface area contributed by atoms with E-state index in [1.807, 2.05) is 6.07 Å². The first-order chi connectivity index (χ1) is 16.5. The zero-order chi connectivity index (χ0) is 23.8. The van der Waals surface area contributed by atoms with Crippen LogP contribution >= 0.6 is 0 Å². The van der Waals surface area contributed by atoms with E-state index in [0.717, 1.165) is 12.1 Å². The number of likely N-dealkylation sites (tertiary alicyclic amines) is 1. The van der Waals surface area contributed by atoms with Gasteiger partial charge in [0.25, 0.3) is 5.91 Å². The smallest absolute Gasteiger partial charge is 0.273 e. The predicted molar refractivity (Wildman–Crippen MR) is 115 cm³/mol. The number of hydrogen-bond donors (Lipinski definition) is 3. The highest BCUT2D eigenvalue weighted by atomic mass is 19.1. The Bertz CT molecular complexity index is 1280. The topological polar surface area (TPSA) is 140 Å². The number of ether oxygens (including phenoxy) is 1. The minimum atomic E-state index is -1.34. The van der Waals surface area contributed by atoms with E-state index in [4.69, 9.17) is 4.74 Å². The monoisotopic (exact) mass is 469 g/mol. The summed E-state index contributed by atoms with van der Waals surface area (Å²) in [5, 5.41) is 29.9. The van der Waals surface area contributed by atoms with Gasteiger partial charge in [-0.25, -0.2) is 18.7 Å². The molecule has 0 unspecified atom stereocenters. The van der Waals surface area contributed by atoms with Gasteiger partial charge < -0.3 is 20.1 Å². The first-order valence-electron chi connectivity index (χ1n) is 10.8. The molecule has 3 aromatic rings. The summed E-state index contributed by atoms with van der Waals surface area (Å²) in [5.41, 5.74) is 0.679. The molecule has 3 N–H and O–H groups in total. The Morgan fingerprint density at radius 1 is 1.38 bits per heavy atom. The number of hydrogen-bond acceptors (Lipinski definition) is 8. The SMILES string of the molecule is N#Cc1ccc(F)cc1[C@H]1C[C@H](F)CN1C(=O)c1[nH]nc2ncnc(N[C@@H]3CCOC[C@H]3O)c12. The van der Waals surface area contributed by atoms with Gasteiger partial charge in [-0.05, 0) is 30.2 Å². The number of nitriles is 1. The highest BCUT2D eigenvalue weighted by Gasteiger charge is 2.39. The van der Waals surface area contributed by atoms with Crippen LogP contribution in [0.1, 0.15) is 40.5 Å². The number of fused-ring (bicyclic) bond motifs is 1. The van der Waals surface area contributed by atoms with Gasteiger partial charge in [0.15, 0.2) is 5.65 Å². The minimum absolute atomic E-state index is 0.0358. The summed E-state index contributed by atoms with van der Waals surface area (Å²) >= 11 is 0. The van der Waals surface area contributed by atoms with Crippen LogP contribution in [0.4, 0.5) is 14.6 Å². The van der Waals surface area contributed by atoms with Gasteiger partial charge in [0.1, 0.15) is 29.8 Å². The van der Waals surface area contributed by atoms with Gasteiger partial charge in [-0.3, -0.25) is 9.89 Å². The van der Waals surface area contributed by atoms with Crippen LogP contribution in [0.25, 0.3) is 11.0 Å². The standard InChI is InChI=1S/C22H21F2N7O3/c23-12-2-1-11(7-25)14(5-12)16-6-13(24)8-31(16)22(33)19-18-20(26-10-27-21(18)30-29-19)28-15-3-4-34-9-17(15)32/h1-2,5,10,13,15-17,32H,3-4,6,8-9H2,(H2,26,27,28,29,30)/t13-,15+,16+,17+/m0/s1. The van der Waals surface area contributed by atoms with E-state index >= 15 is 0 Å². The average molecular weight is 469 g/mol. The number of rotatable bonds is 4. The van der Waals surface area contributed by atoms with Crippen molar-refractivity contribution in [1.82, 2.24) is 25.1 Å². The van der Waals surface area contributed by atoms with Crippen LogP contribution in [-0.2, 0) is 4.74 Å². The van der Waals surface area contributed by atoms with Crippen molar-refractivity contribution in [3.05, 3.63) is 47.2 Å². The van der Waals surface area contributed by atoms with Crippen LogP contribution in [0.2, 0.25) is 0 Å². The van der Waals surface area contributed by atoms with E-state index in [9.17, 15) is 23.9 Å². The van der Waals surface area contributed by atoms with Gasteiger partial charge in [-0.2, -0.15) is 10.4 Å². The number of alkyl halides is 1. The van der Waals surface area contributed by atoms with Crippen LogP contribution in [0.15, 0.2) is 24.5 Å². The lowest BCUT2D eigenvalue weighted by Gasteiger charge is -2.29. The molecule has 10 nitrogen and oxygen atoms in total. The number of aliphatic hydroxyl groups is 1. The summed E-state index contributed by atoms with van der Waals surface area (Å²) in [7, 11) is 0. The van der Waals surface area contributed by atoms with Gasteiger partial charge in [0, 0.05) is 13.0 Å². The summed E-state index contributed by atoms with van der Waals surface area (Å²) in [5.74, 6) is -0.860. The summed E-state index contributed by atoms with van der Waals surface area (Å²) in [6.45, 7) is 0.411. The molecule has 0 radical (unpaired) electrons. The number of H-pyrrole nitrogens is 1. The van der Waals surface area contributed by atoms with E-state index in [1.54, 1.807) is 0 Å². The minimum Gasteiger partial charge on any atom is -0.389 e. The largest absolute Gasteiger partial charge is 0.389 e. The molecule has 34 heavy (non-hydrogen) atoms. The maximum atomic E-state index is 14.5. The summed E-state index contributed by atoms with van der Waals surface area (Å²) in [4.78, 5) is 23.2. The number of aromatic amines is 1. The number of aromatic nitrogens is 4. The molecule has 0 aliphatic carbocycles. The zero-order valence-electron chi connectivity index (χ0n) is 17.9. The summed E-state index contributed by atoms with van der Waals surface area (Å²) in [6, 6.07) is 4.43. The first kappa shape index (κ1) is 22.1. The fourth-order valence-electron chi connectivity index (χ4n) is 4.55. The van der Waals surface area contributed by atoms with Crippen molar-refractivity contribution in [2.24, 2.45) is 0 Å². The molecule has 2 saturated heterocycles. The van der Waals surface area contributed by atoms with Crippen molar-refractivity contribution in [3.8, 4) is 6.07 Å². The second-order valence-electron chi connectivity index (χ2n) is 8.35. The lowest BCUT2D eigenvalue weighted by Crippen LogP contribution is -2.42. The molecule has 4 heterocycles. The molecule has 5 rings (SSSR count). The van der Waals surface area contributed by atoms with Crippen LogP contribution in [-0.4, -0.2) is 74.2 Å². The van der Waals surface area contributed by atoms with Crippen molar-refractivity contribution in [2.75, 3.05) is 25.1 Å². The molecular formula is C22H21F2N7O3. The van der Waals surface area contributed by atoms with Gasteiger partial charge in [-0.1, -0.05) is 0 Å². The molecule has 0 bridgehead atoms. The van der Waals surface area contributed by atoms with Crippen LogP contribution in [0, 0.1) is 17.1 Å². The number of carbonyl (C=O) groups excluding carboxylic acids is 1. The number of nitrogens with one attached hydrogen (secondary N) is 2. The molecule has 2 aliphatic rings. The number of amides is 1. The molecular weight excluding hydrogens is 448 g/mol. The maximum absolute atomic E-state index is 14.5. The lowest BCUT2D eigenvalue weighted by atomic mass is 9.98. The predicted octanol–water partition coefficient (Wildman–Crippen LogP) is 1.85. The summed E-state index contributed by atoms with van der Waals surface area (Å²) < 4.78 is 33.7. The second kappa shape index (κ2) is 8.92. The third kappa shape index (κ3) is 3.93. The molecule has 0 spiro atoms. The quantitative estimate of drug-likeness (QED) is 0.526. The number of aliphatic hydroxyl groups excluding tert-OH is 1. The normalized spacial score (nSPS) is 24.8. The highest BCUT2D eigenvalue weighted by molar-refractivity contribution is 6.07. The van der Waals surface area contributed by atoms with E-state index in [2.05, 4.69) is 25.5 Å². The number of carbonyl (C=O) groups is 1. The van der Waals surface area contributed by atoms with Gasteiger partial charge in [0.2, 0.25) is 0 Å². The molecule has 1 aromatic carbocycles. The molecule has 2 aromatic heterocycles. The van der Waals surface area contributed by atoms with Gasteiger partial charge >= 0.3 is 0 Å². The van der Waals surface area contributed by atoms with E-state index in [-0.39, 0.29) is 48.1 Å². The molecule has 176 valence electrons. The Morgan fingerprint density at radius 3 is 3.03 bits per heavy atom. The first-order valence-corrected chi connectivity index (χ1v) is 10.8. The second-order valence-corrected chi connectivity index (χ2v) is 8.35. The number of benzene rings is 1. The number of halogens is 2. The Morgan fingerprint density at radius 2 is 2.24 bits per heavy atom. The van der Waals surface area contributed by atoms with Crippen molar-refractivity contribution in [1.29, 1.82) is 5.26 Å². The molecule has 12 heteroatoms. The number of nitrogens with zero attached hydrogens (tertiary/aromatic N) is 5. The molecule has 2 aliphatic heterocycles. The van der Waals surface area contributed by atoms with Crippen LogP contribution < -0.4 is 5.32 Å². The fraction of sp³-hybridized carbons (Fsp3) is 0.409. The third-order valence-electron chi connectivity index (χ3n) is 6.22. The molecule has 2 fully saturated rings. The molecule has 4 atom stereocenters. The number of anilines is 1. The Kier molecular flexibility index (Phi) is 5.80.